The molecule has 0 fully saturated rings. The predicted octanol–water partition coefficient (Wildman–Crippen LogP) is 1.46. The third-order valence-electron chi connectivity index (χ3n) is 1.87. The van der Waals surface area contributed by atoms with E-state index in [4.69, 9.17) is 0 Å². The number of carbonyl (C=O) groups is 2. The number of hydrogen-bond donors (Lipinski definition) is 0. The molecule has 0 N–H and O–H groups in total. The lowest BCUT2D eigenvalue weighted by atomic mass is 10.1. The van der Waals surface area contributed by atoms with Crippen molar-refractivity contribution in [1.82, 2.24) is 4.90 Å². The molecule has 0 aliphatic heterocycles. The van der Waals surface area contributed by atoms with Gasteiger partial charge in [0.15, 0.2) is 0 Å². The van der Waals surface area contributed by atoms with Crippen molar-refractivity contribution in [2.75, 3.05) is 20.7 Å². The van der Waals surface area contributed by atoms with E-state index in [-0.39, 0.29) is 6.61 Å². The smallest absolute Gasteiger partial charge is 0.344 e. The van der Waals surface area contributed by atoms with Gasteiger partial charge in [0.05, 0.1) is 12.3 Å². The molecule has 0 aromatic carbocycles. The summed E-state index contributed by atoms with van der Waals surface area (Å²) in [4.78, 5) is 23.2. The van der Waals surface area contributed by atoms with Crippen LogP contribution in [0.3, 0.4) is 0 Å². The van der Waals surface area contributed by atoms with Gasteiger partial charge in [-0.15, -0.1) is 0 Å². The standard InChI is InChI=1S/C10H13F4NO3/c1-4-18-10(17)5(7(16)9(13)14)6(8(11)12)15(2)3/h8-9H,4H2,1-3H3. The molecule has 0 bridgehead atoms. The second kappa shape index (κ2) is 6.97. The van der Waals surface area contributed by atoms with E-state index in [1.54, 1.807) is 0 Å². The van der Waals surface area contributed by atoms with Gasteiger partial charge in [0.25, 0.3) is 6.43 Å². The molecule has 0 aliphatic rings. The fourth-order valence-corrected chi connectivity index (χ4v) is 1.17. The normalized spacial score (nSPS) is 12.5. The number of Topliss-reactive ketones (excluding diaryl/α,β-unsaturated/α-hetero) is 1. The number of carbonyl (C=O) groups excluding carboxylic acids is 2. The Morgan fingerprint density at radius 1 is 1.11 bits per heavy atom. The number of nitrogens with zero attached hydrogens (tertiary/aromatic N) is 1. The summed E-state index contributed by atoms with van der Waals surface area (Å²) < 4.78 is 54.4. The molecule has 0 aromatic heterocycles. The Morgan fingerprint density at radius 3 is 1.89 bits per heavy atom. The average molecular weight is 271 g/mol. The van der Waals surface area contributed by atoms with Crippen molar-refractivity contribution in [1.29, 1.82) is 0 Å². The summed E-state index contributed by atoms with van der Waals surface area (Å²) in [6, 6.07) is 0. The van der Waals surface area contributed by atoms with Crippen LogP contribution in [0.2, 0.25) is 0 Å². The highest BCUT2D eigenvalue weighted by atomic mass is 19.3. The summed E-state index contributed by atoms with van der Waals surface area (Å²) >= 11 is 0. The Bertz CT molecular complexity index is 343. The monoisotopic (exact) mass is 271 g/mol. The van der Waals surface area contributed by atoms with Crippen molar-refractivity contribution in [3.05, 3.63) is 11.3 Å². The van der Waals surface area contributed by atoms with Crippen molar-refractivity contribution < 1.29 is 31.9 Å². The molecular weight excluding hydrogens is 258 g/mol. The van der Waals surface area contributed by atoms with Crippen LogP contribution in [-0.4, -0.2) is 50.2 Å². The highest BCUT2D eigenvalue weighted by molar-refractivity contribution is 6.19. The Labute approximate surface area is 101 Å². The number of ketones is 1. The van der Waals surface area contributed by atoms with Crippen LogP contribution in [0.15, 0.2) is 11.3 Å². The number of ether oxygens (including phenoxy) is 1. The van der Waals surface area contributed by atoms with E-state index in [1.807, 2.05) is 0 Å². The first kappa shape index (κ1) is 16.4. The van der Waals surface area contributed by atoms with Gasteiger partial charge >= 0.3 is 12.4 Å². The van der Waals surface area contributed by atoms with Crippen LogP contribution in [0, 0.1) is 0 Å². The van der Waals surface area contributed by atoms with Crippen molar-refractivity contribution in [2.24, 2.45) is 0 Å². The van der Waals surface area contributed by atoms with Crippen molar-refractivity contribution in [3.63, 3.8) is 0 Å². The molecule has 4 nitrogen and oxygen atoms in total. The predicted molar refractivity (Wildman–Crippen MR) is 54.4 cm³/mol. The van der Waals surface area contributed by atoms with Crippen LogP contribution in [-0.2, 0) is 14.3 Å². The minimum absolute atomic E-state index is 0.219. The highest BCUT2D eigenvalue weighted by Gasteiger charge is 2.34. The molecule has 0 aliphatic carbocycles. The third kappa shape index (κ3) is 4.01. The van der Waals surface area contributed by atoms with Crippen LogP contribution in [0.4, 0.5) is 17.6 Å². The SMILES string of the molecule is CCOC(=O)C(C(=O)C(F)F)=C(C(F)F)N(C)C. The van der Waals surface area contributed by atoms with Gasteiger partial charge in [-0.05, 0) is 6.92 Å². The van der Waals surface area contributed by atoms with Gasteiger partial charge in [0, 0.05) is 14.1 Å². The zero-order valence-electron chi connectivity index (χ0n) is 10.0. The summed E-state index contributed by atoms with van der Waals surface area (Å²) in [5, 5.41) is 0. The summed E-state index contributed by atoms with van der Waals surface area (Å²) in [6.07, 6.45) is -6.81. The maximum Gasteiger partial charge on any atom is 0.344 e. The number of esters is 1. The first-order valence-corrected chi connectivity index (χ1v) is 4.93. The second-order valence-electron chi connectivity index (χ2n) is 3.34. The Kier molecular flexibility index (Phi) is 6.35. The lowest BCUT2D eigenvalue weighted by Gasteiger charge is -2.19. The average Bonchev–Trinajstić information content (AvgIpc) is 2.23. The van der Waals surface area contributed by atoms with Gasteiger partial charge < -0.3 is 9.64 Å². The van der Waals surface area contributed by atoms with Gasteiger partial charge in [0.1, 0.15) is 5.57 Å². The number of halogens is 4. The van der Waals surface area contributed by atoms with E-state index in [2.05, 4.69) is 4.74 Å². The van der Waals surface area contributed by atoms with Gasteiger partial charge in [-0.25, -0.2) is 22.4 Å². The van der Waals surface area contributed by atoms with Gasteiger partial charge in [-0.2, -0.15) is 0 Å². The first-order chi connectivity index (χ1) is 8.23. The molecule has 104 valence electrons. The van der Waals surface area contributed by atoms with Crippen LogP contribution < -0.4 is 0 Å². The topological polar surface area (TPSA) is 46.6 Å². The third-order valence-corrected chi connectivity index (χ3v) is 1.87. The number of rotatable bonds is 6. The van der Waals surface area contributed by atoms with E-state index < -0.39 is 35.9 Å². The lowest BCUT2D eigenvalue weighted by molar-refractivity contribution is -0.142. The largest absolute Gasteiger partial charge is 0.462 e. The molecule has 0 atom stereocenters. The first-order valence-electron chi connectivity index (χ1n) is 4.93. The summed E-state index contributed by atoms with van der Waals surface area (Å²) in [7, 11) is 2.22. The van der Waals surface area contributed by atoms with Gasteiger partial charge in [0.2, 0.25) is 5.78 Å². The molecule has 0 radical (unpaired) electrons. The zero-order valence-corrected chi connectivity index (χ0v) is 10.0. The number of alkyl halides is 4. The minimum atomic E-state index is -3.56. The molecule has 0 amide bonds. The molecular formula is C10H13F4NO3. The van der Waals surface area contributed by atoms with E-state index >= 15 is 0 Å². The van der Waals surface area contributed by atoms with Crippen LogP contribution in [0.5, 0.6) is 0 Å². The van der Waals surface area contributed by atoms with Crippen molar-refractivity contribution in [3.8, 4) is 0 Å². The Balaban J connectivity index is 5.76. The Hall–Kier alpha value is -1.60. The maximum atomic E-state index is 12.7. The quantitative estimate of drug-likeness (QED) is 0.241. The molecule has 0 spiro atoms. The fourth-order valence-electron chi connectivity index (χ4n) is 1.17. The van der Waals surface area contributed by atoms with Gasteiger partial charge in [-0.3, -0.25) is 4.79 Å². The minimum Gasteiger partial charge on any atom is -0.462 e. The zero-order chi connectivity index (χ0) is 14.5. The maximum absolute atomic E-state index is 12.7. The lowest BCUT2D eigenvalue weighted by Crippen LogP contribution is -2.30. The molecule has 0 unspecified atom stereocenters. The summed E-state index contributed by atoms with van der Waals surface area (Å²) in [5.41, 5.74) is -2.40. The number of hydrogen-bond acceptors (Lipinski definition) is 4. The molecule has 8 heteroatoms. The Morgan fingerprint density at radius 2 is 1.61 bits per heavy atom. The van der Waals surface area contributed by atoms with Crippen molar-refractivity contribution in [2.45, 2.75) is 19.8 Å². The summed E-state index contributed by atoms with van der Waals surface area (Å²) in [5.74, 6) is -3.45. The molecule has 0 saturated heterocycles. The van der Waals surface area contributed by atoms with E-state index in [9.17, 15) is 27.2 Å². The number of allylic oxidation sites excluding steroid dienone is 1. The van der Waals surface area contributed by atoms with Crippen LogP contribution >= 0.6 is 0 Å². The molecule has 0 heterocycles. The molecule has 18 heavy (non-hydrogen) atoms. The molecule has 0 saturated carbocycles. The fraction of sp³-hybridized carbons (Fsp3) is 0.600. The second-order valence-corrected chi connectivity index (χ2v) is 3.34. The van der Waals surface area contributed by atoms with Crippen LogP contribution in [0.25, 0.3) is 0 Å². The molecule has 0 rings (SSSR count). The van der Waals surface area contributed by atoms with E-state index in [1.165, 1.54) is 6.92 Å². The summed E-state index contributed by atoms with van der Waals surface area (Å²) in [6.45, 7) is 1.14. The van der Waals surface area contributed by atoms with Crippen LogP contribution in [0.1, 0.15) is 6.92 Å². The molecule has 0 aromatic rings. The van der Waals surface area contributed by atoms with E-state index in [0.29, 0.717) is 0 Å². The van der Waals surface area contributed by atoms with E-state index in [0.717, 1.165) is 19.0 Å². The van der Waals surface area contributed by atoms with Crippen molar-refractivity contribution >= 4 is 11.8 Å². The highest BCUT2D eigenvalue weighted by Crippen LogP contribution is 2.20. The van der Waals surface area contributed by atoms with Gasteiger partial charge in [-0.1, -0.05) is 0 Å².